The Kier molecular flexibility index (Phi) is 5.82. The molecule has 2 aromatic carbocycles. The number of ketones is 1. The van der Waals surface area contributed by atoms with Gasteiger partial charge in [0.1, 0.15) is 5.58 Å². The van der Waals surface area contributed by atoms with E-state index in [-0.39, 0.29) is 18.1 Å². The highest BCUT2D eigenvalue weighted by Crippen LogP contribution is 2.27. The van der Waals surface area contributed by atoms with E-state index in [2.05, 4.69) is 5.32 Å². The summed E-state index contributed by atoms with van der Waals surface area (Å²) in [6.45, 7) is 6.93. The third-order valence-corrected chi connectivity index (χ3v) is 4.84. The molecule has 1 atom stereocenters. The van der Waals surface area contributed by atoms with E-state index in [1.807, 2.05) is 26.0 Å². The highest BCUT2D eigenvalue weighted by atomic mass is 16.5. The van der Waals surface area contributed by atoms with Crippen LogP contribution in [0.5, 0.6) is 0 Å². The number of aryl methyl sites for hydroxylation is 2. The van der Waals surface area contributed by atoms with Gasteiger partial charge in [0.15, 0.2) is 6.10 Å². The van der Waals surface area contributed by atoms with E-state index < -0.39 is 12.1 Å². The average molecular weight is 393 g/mol. The van der Waals surface area contributed by atoms with E-state index in [1.54, 1.807) is 37.5 Å². The summed E-state index contributed by atoms with van der Waals surface area (Å²) in [5.74, 6) is -0.999. The maximum atomic E-state index is 12.5. The topological polar surface area (TPSA) is 85.6 Å². The Labute approximate surface area is 168 Å². The first-order chi connectivity index (χ1) is 13.8. The SMILES string of the molecule is CC(=O)Nc1ccc(C(=O)C(C)OC(=O)Cc2coc3c(C)c(C)ccc23)cc1. The van der Waals surface area contributed by atoms with E-state index in [0.29, 0.717) is 11.3 Å². The first-order valence-electron chi connectivity index (χ1n) is 9.34. The molecule has 3 aromatic rings. The van der Waals surface area contributed by atoms with Crippen LogP contribution in [-0.4, -0.2) is 23.8 Å². The van der Waals surface area contributed by atoms with Crippen molar-refractivity contribution < 1.29 is 23.5 Å². The van der Waals surface area contributed by atoms with Crippen molar-refractivity contribution >= 4 is 34.3 Å². The van der Waals surface area contributed by atoms with Crippen molar-refractivity contribution in [2.75, 3.05) is 5.32 Å². The monoisotopic (exact) mass is 393 g/mol. The number of carbonyl (C=O) groups is 3. The smallest absolute Gasteiger partial charge is 0.311 e. The molecule has 0 spiro atoms. The third kappa shape index (κ3) is 4.54. The number of hydrogen-bond acceptors (Lipinski definition) is 5. The second-order valence-corrected chi connectivity index (χ2v) is 7.08. The van der Waals surface area contributed by atoms with Crippen molar-refractivity contribution in [1.29, 1.82) is 0 Å². The maximum absolute atomic E-state index is 12.5. The van der Waals surface area contributed by atoms with Crippen LogP contribution in [0.4, 0.5) is 5.69 Å². The van der Waals surface area contributed by atoms with Crippen LogP contribution in [0.15, 0.2) is 47.1 Å². The summed E-state index contributed by atoms with van der Waals surface area (Å²) in [4.78, 5) is 36.0. The van der Waals surface area contributed by atoms with Gasteiger partial charge in [-0.2, -0.15) is 0 Å². The number of furan rings is 1. The lowest BCUT2D eigenvalue weighted by Crippen LogP contribution is -2.25. The zero-order chi connectivity index (χ0) is 21.1. The molecule has 29 heavy (non-hydrogen) atoms. The van der Waals surface area contributed by atoms with E-state index in [0.717, 1.165) is 27.7 Å². The molecule has 1 N–H and O–H groups in total. The average Bonchev–Trinajstić information content (AvgIpc) is 3.07. The molecule has 0 aliphatic rings. The van der Waals surface area contributed by atoms with Crippen LogP contribution in [0.1, 0.15) is 40.9 Å². The Bertz CT molecular complexity index is 1080. The van der Waals surface area contributed by atoms with Gasteiger partial charge in [0.2, 0.25) is 11.7 Å². The lowest BCUT2D eigenvalue weighted by molar-refractivity contribution is -0.145. The van der Waals surface area contributed by atoms with E-state index >= 15 is 0 Å². The van der Waals surface area contributed by atoms with Crippen LogP contribution < -0.4 is 5.32 Å². The van der Waals surface area contributed by atoms with Gasteiger partial charge in [-0.05, 0) is 56.2 Å². The number of esters is 1. The van der Waals surface area contributed by atoms with Crippen LogP contribution in [-0.2, 0) is 20.7 Å². The summed E-state index contributed by atoms with van der Waals surface area (Å²) in [7, 11) is 0. The number of Topliss-reactive ketones (excluding diaryl/α,β-unsaturated/α-hetero) is 1. The van der Waals surface area contributed by atoms with Gasteiger partial charge in [-0.3, -0.25) is 14.4 Å². The first kappa shape index (κ1) is 20.3. The molecule has 6 nitrogen and oxygen atoms in total. The molecule has 6 heteroatoms. The van der Waals surface area contributed by atoms with Crippen LogP contribution in [0.25, 0.3) is 11.0 Å². The second kappa shape index (κ2) is 8.31. The fourth-order valence-corrected chi connectivity index (χ4v) is 3.13. The molecule has 0 aliphatic carbocycles. The minimum Gasteiger partial charge on any atom is -0.464 e. The zero-order valence-corrected chi connectivity index (χ0v) is 16.9. The van der Waals surface area contributed by atoms with E-state index in [9.17, 15) is 14.4 Å². The summed E-state index contributed by atoms with van der Waals surface area (Å²) >= 11 is 0. The Morgan fingerprint density at radius 2 is 1.76 bits per heavy atom. The van der Waals surface area contributed by atoms with Crippen molar-refractivity contribution in [2.45, 2.75) is 40.2 Å². The van der Waals surface area contributed by atoms with E-state index in [1.165, 1.54) is 6.92 Å². The van der Waals surface area contributed by atoms with Gasteiger partial charge in [-0.1, -0.05) is 12.1 Å². The molecule has 1 amide bonds. The second-order valence-electron chi connectivity index (χ2n) is 7.08. The minimum atomic E-state index is -0.920. The van der Waals surface area contributed by atoms with Gasteiger partial charge < -0.3 is 14.5 Å². The summed E-state index contributed by atoms with van der Waals surface area (Å²) in [6, 6.07) is 10.4. The van der Waals surface area contributed by atoms with Gasteiger partial charge in [0.25, 0.3) is 0 Å². The standard InChI is InChI=1S/C23H23NO5/c1-13-5-10-20-18(12-28-23(20)14(13)2)11-21(26)29-15(3)22(27)17-6-8-19(9-7-17)24-16(4)25/h5-10,12,15H,11H2,1-4H3,(H,24,25). The molecule has 0 bridgehead atoms. The molecule has 150 valence electrons. The minimum absolute atomic E-state index is 0.0224. The highest BCUT2D eigenvalue weighted by molar-refractivity contribution is 6.01. The van der Waals surface area contributed by atoms with Crippen molar-refractivity contribution in [2.24, 2.45) is 0 Å². The van der Waals surface area contributed by atoms with Crippen LogP contribution in [0, 0.1) is 13.8 Å². The van der Waals surface area contributed by atoms with Crippen LogP contribution in [0.3, 0.4) is 0 Å². The number of anilines is 1. The lowest BCUT2D eigenvalue weighted by atomic mass is 10.0. The summed E-state index contributed by atoms with van der Waals surface area (Å²) < 4.78 is 11.0. The van der Waals surface area contributed by atoms with E-state index in [4.69, 9.17) is 9.15 Å². The van der Waals surface area contributed by atoms with Crippen molar-refractivity contribution in [1.82, 2.24) is 0 Å². The van der Waals surface area contributed by atoms with Gasteiger partial charge >= 0.3 is 5.97 Å². The summed E-state index contributed by atoms with van der Waals surface area (Å²) in [5.41, 5.74) is 4.64. The third-order valence-electron chi connectivity index (χ3n) is 4.84. The molecule has 1 unspecified atom stereocenters. The predicted octanol–water partition coefficient (Wildman–Crippen LogP) is 4.37. The largest absolute Gasteiger partial charge is 0.464 e. The molecule has 0 saturated heterocycles. The molecule has 0 aliphatic heterocycles. The van der Waals surface area contributed by atoms with Crippen molar-refractivity contribution in [3.8, 4) is 0 Å². The van der Waals surface area contributed by atoms with Gasteiger partial charge in [-0.15, -0.1) is 0 Å². The molecular formula is C23H23NO5. The van der Waals surface area contributed by atoms with Crippen molar-refractivity contribution in [3.05, 3.63) is 64.9 Å². The quantitative estimate of drug-likeness (QED) is 0.497. The molecule has 0 saturated carbocycles. The zero-order valence-electron chi connectivity index (χ0n) is 16.9. The van der Waals surface area contributed by atoms with Gasteiger partial charge in [0, 0.05) is 29.1 Å². The van der Waals surface area contributed by atoms with Crippen LogP contribution in [0.2, 0.25) is 0 Å². The lowest BCUT2D eigenvalue weighted by Gasteiger charge is -2.12. The van der Waals surface area contributed by atoms with Gasteiger partial charge in [0.05, 0.1) is 12.7 Å². The number of ether oxygens (including phenoxy) is 1. The Morgan fingerprint density at radius 3 is 2.41 bits per heavy atom. The Hall–Kier alpha value is -3.41. The number of amides is 1. The molecule has 1 aromatic heterocycles. The highest BCUT2D eigenvalue weighted by Gasteiger charge is 2.21. The number of fused-ring (bicyclic) bond motifs is 1. The van der Waals surface area contributed by atoms with Gasteiger partial charge in [-0.25, -0.2) is 0 Å². The number of hydrogen-bond donors (Lipinski definition) is 1. The fourth-order valence-electron chi connectivity index (χ4n) is 3.13. The number of carbonyl (C=O) groups excluding carboxylic acids is 3. The number of nitrogens with one attached hydrogen (secondary N) is 1. The predicted molar refractivity (Wildman–Crippen MR) is 110 cm³/mol. The molecule has 0 fully saturated rings. The Morgan fingerprint density at radius 1 is 1.07 bits per heavy atom. The summed E-state index contributed by atoms with van der Waals surface area (Å²) in [5, 5.41) is 3.51. The number of rotatable bonds is 6. The Balaban J connectivity index is 1.65. The van der Waals surface area contributed by atoms with Crippen LogP contribution >= 0.6 is 0 Å². The normalized spacial score (nSPS) is 11.9. The number of benzene rings is 2. The molecule has 0 radical (unpaired) electrons. The molecule has 3 rings (SSSR count). The summed E-state index contributed by atoms with van der Waals surface area (Å²) in [6.07, 6.45) is 0.663. The maximum Gasteiger partial charge on any atom is 0.311 e. The molecule has 1 heterocycles. The molecular weight excluding hydrogens is 370 g/mol. The first-order valence-corrected chi connectivity index (χ1v) is 9.34. The van der Waals surface area contributed by atoms with Crippen molar-refractivity contribution in [3.63, 3.8) is 0 Å². The fraction of sp³-hybridized carbons (Fsp3) is 0.261.